The predicted octanol–water partition coefficient (Wildman–Crippen LogP) is 4.66. The number of nitrogens with zero attached hydrogens (tertiary/aromatic N) is 2. The summed E-state index contributed by atoms with van der Waals surface area (Å²) in [5.74, 6) is -0.579. The van der Waals surface area contributed by atoms with Crippen molar-refractivity contribution in [1.29, 1.82) is 10.5 Å². The summed E-state index contributed by atoms with van der Waals surface area (Å²) in [5.41, 5.74) is 0.827. The van der Waals surface area contributed by atoms with Crippen LogP contribution in [0.15, 0.2) is 47.4 Å². The second-order valence-electron chi connectivity index (χ2n) is 6.82. The third kappa shape index (κ3) is 2.32. The van der Waals surface area contributed by atoms with Gasteiger partial charge in [-0.3, -0.25) is 4.79 Å². The molecular weight excluding hydrogens is 356 g/mol. The van der Waals surface area contributed by atoms with Gasteiger partial charge in [-0.05, 0) is 34.2 Å². The minimum absolute atomic E-state index is 0.278. The molecule has 0 aromatic heterocycles. The molecule has 1 aliphatic rings. The lowest BCUT2D eigenvalue weighted by molar-refractivity contribution is -0.146. The normalized spacial score (nSPS) is 18.3. The zero-order valence-electron chi connectivity index (χ0n) is 14.9. The summed E-state index contributed by atoms with van der Waals surface area (Å²) in [5, 5.41) is 22.9. The summed E-state index contributed by atoms with van der Waals surface area (Å²) in [6.45, 7) is 1.89. The van der Waals surface area contributed by atoms with Crippen LogP contribution in [0.4, 0.5) is 0 Å². The third-order valence-corrected chi connectivity index (χ3v) is 6.76. The lowest BCUT2D eigenvalue weighted by Gasteiger charge is -2.34. The van der Waals surface area contributed by atoms with Gasteiger partial charge in [-0.15, -0.1) is 11.8 Å². The van der Waals surface area contributed by atoms with Crippen molar-refractivity contribution in [3.8, 4) is 12.1 Å². The van der Waals surface area contributed by atoms with E-state index in [0.29, 0.717) is 11.3 Å². The molecule has 0 saturated carbocycles. The molecule has 0 saturated heterocycles. The molecule has 0 amide bonds. The highest BCUT2D eigenvalue weighted by molar-refractivity contribution is 7.99. The predicted molar refractivity (Wildman–Crippen MR) is 106 cm³/mol. The summed E-state index contributed by atoms with van der Waals surface area (Å²) in [6, 6.07) is 17.9. The topological polar surface area (TPSA) is 73.9 Å². The van der Waals surface area contributed by atoms with E-state index in [1.54, 1.807) is 11.8 Å². The second-order valence-corrected chi connectivity index (χ2v) is 7.81. The first-order valence-corrected chi connectivity index (χ1v) is 9.53. The molecule has 4 nitrogen and oxygen atoms in total. The largest absolute Gasteiger partial charge is 0.468 e. The number of thioether (sulfide) groups is 1. The number of ether oxygens (including phenoxy) is 1. The number of fused-ring (bicyclic) bond motifs is 2. The minimum Gasteiger partial charge on any atom is -0.468 e. The number of methoxy groups -OCH3 is 1. The van der Waals surface area contributed by atoms with E-state index < -0.39 is 11.3 Å². The smallest absolute Gasteiger partial charge is 0.316 e. The van der Waals surface area contributed by atoms with Crippen LogP contribution < -0.4 is 0 Å². The molecule has 0 bridgehead atoms. The molecule has 0 N–H and O–H groups in total. The number of nitriles is 2. The average molecular weight is 372 g/mol. The van der Waals surface area contributed by atoms with E-state index in [-0.39, 0.29) is 5.97 Å². The quantitative estimate of drug-likeness (QED) is 0.483. The van der Waals surface area contributed by atoms with Crippen LogP contribution in [0.25, 0.3) is 21.5 Å². The van der Waals surface area contributed by atoms with Gasteiger partial charge in [-0.1, -0.05) is 42.5 Å². The van der Waals surface area contributed by atoms with Gasteiger partial charge in [0, 0.05) is 16.0 Å². The number of hydrogen-bond acceptors (Lipinski definition) is 5. The maximum absolute atomic E-state index is 12.6. The van der Waals surface area contributed by atoms with Crippen molar-refractivity contribution >= 4 is 39.3 Å². The molecule has 3 aromatic rings. The van der Waals surface area contributed by atoms with Gasteiger partial charge in [0.15, 0.2) is 5.92 Å². The average Bonchev–Trinajstić information content (AvgIpc) is 2.71. The molecule has 0 aliphatic carbocycles. The first-order valence-electron chi connectivity index (χ1n) is 8.55. The molecule has 1 aliphatic heterocycles. The number of esters is 1. The molecule has 27 heavy (non-hydrogen) atoms. The van der Waals surface area contributed by atoms with Crippen molar-refractivity contribution in [3.05, 3.63) is 53.6 Å². The molecular formula is C22H16N2O2S. The van der Waals surface area contributed by atoms with Crippen molar-refractivity contribution in [3.63, 3.8) is 0 Å². The van der Waals surface area contributed by atoms with E-state index in [1.807, 2.05) is 49.4 Å². The van der Waals surface area contributed by atoms with Crippen LogP contribution in [0.5, 0.6) is 0 Å². The highest BCUT2D eigenvalue weighted by Gasteiger charge is 2.42. The van der Waals surface area contributed by atoms with Crippen LogP contribution in [-0.4, -0.2) is 18.8 Å². The SMILES string of the molecule is COC(=O)C1(C)CSc2c3ccccc3c(C(C#N)C#N)c3cccc1c23. The molecule has 132 valence electrons. The Bertz CT molecular complexity index is 1170. The summed E-state index contributed by atoms with van der Waals surface area (Å²) in [4.78, 5) is 13.7. The van der Waals surface area contributed by atoms with Crippen LogP contribution in [0, 0.1) is 22.7 Å². The molecule has 5 heteroatoms. The van der Waals surface area contributed by atoms with Crippen molar-refractivity contribution < 1.29 is 9.53 Å². The van der Waals surface area contributed by atoms with Crippen molar-refractivity contribution in [2.75, 3.05) is 12.9 Å². The standard InChI is InChI=1S/C22H16N2O2S/c1-22(21(25)26-2)12-27-20-15-7-4-3-6-14(15)18(13(10-23)11-24)16-8-5-9-17(22)19(16)20/h3-9,13H,12H2,1-2H3. The zero-order chi connectivity index (χ0) is 19.2. The van der Waals surface area contributed by atoms with Crippen molar-refractivity contribution in [2.24, 2.45) is 0 Å². The lowest BCUT2D eigenvalue weighted by Crippen LogP contribution is -2.38. The van der Waals surface area contributed by atoms with Crippen LogP contribution in [0.3, 0.4) is 0 Å². The van der Waals surface area contributed by atoms with Gasteiger partial charge in [-0.2, -0.15) is 10.5 Å². The first-order chi connectivity index (χ1) is 13.1. The Hall–Kier alpha value is -3.02. The molecule has 4 rings (SSSR count). The number of benzene rings is 3. The summed E-state index contributed by atoms with van der Waals surface area (Å²) in [6.07, 6.45) is 0. The molecule has 1 atom stereocenters. The van der Waals surface area contributed by atoms with E-state index >= 15 is 0 Å². The first kappa shape index (κ1) is 17.4. The van der Waals surface area contributed by atoms with Crippen LogP contribution in [-0.2, 0) is 14.9 Å². The summed E-state index contributed by atoms with van der Waals surface area (Å²) >= 11 is 1.63. The van der Waals surface area contributed by atoms with Gasteiger partial charge in [0.1, 0.15) is 5.41 Å². The molecule has 1 unspecified atom stereocenters. The number of carbonyl (C=O) groups is 1. The van der Waals surface area contributed by atoms with Gasteiger partial charge in [0.05, 0.1) is 19.2 Å². The van der Waals surface area contributed by atoms with Crippen molar-refractivity contribution in [1.82, 2.24) is 0 Å². The maximum atomic E-state index is 12.6. The van der Waals surface area contributed by atoms with Crippen molar-refractivity contribution in [2.45, 2.75) is 23.2 Å². The second kappa shape index (κ2) is 6.30. The monoisotopic (exact) mass is 372 g/mol. The van der Waals surface area contributed by atoms with Gasteiger partial charge in [-0.25, -0.2) is 0 Å². The Kier molecular flexibility index (Phi) is 4.06. The number of hydrogen-bond donors (Lipinski definition) is 0. The van der Waals surface area contributed by atoms with E-state index in [1.165, 1.54) is 7.11 Å². The van der Waals surface area contributed by atoms with Crippen LogP contribution >= 0.6 is 11.8 Å². The Balaban J connectivity index is 2.23. The van der Waals surface area contributed by atoms with Crippen LogP contribution in [0.2, 0.25) is 0 Å². The molecule has 0 spiro atoms. The Morgan fingerprint density at radius 2 is 1.78 bits per heavy atom. The molecule has 1 heterocycles. The maximum Gasteiger partial charge on any atom is 0.316 e. The number of rotatable bonds is 2. The van der Waals surface area contributed by atoms with Gasteiger partial charge in [0.2, 0.25) is 0 Å². The minimum atomic E-state index is -0.879. The molecule has 3 aromatic carbocycles. The van der Waals surface area contributed by atoms with E-state index in [2.05, 4.69) is 12.1 Å². The lowest BCUT2D eigenvalue weighted by atomic mass is 9.78. The fraction of sp³-hybridized carbons (Fsp3) is 0.227. The Labute approximate surface area is 161 Å². The molecule has 0 radical (unpaired) electrons. The van der Waals surface area contributed by atoms with Gasteiger partial charge >= 0.3 is 5.97 Å². The van der Waals surface area contributed by atoms with Gasteiger partial charge in [0.25, 0.3) is 0 Å². The Morgan fingerprint density at radius 1 is 1.11 bits per heavy atom. The highest BCUT2D eigenvalue weighted by atomic mass is 32.2. The molecule has 0 fully saturated rings. The summed E-state index contributed by atoms with van der Waals surface area (Å²) < 4.78 is 5.09. The highest BCUT2D eigenvalue weighted by Crippen LogP contribution is 2.50. The summed E-state index contributed by atoms with van der Waals surface area (Å²) in [7, 11) is 1.40. The van der Waals surface area contributed by atoms with E-state index in [4.69, 9.17) is 4.74 Å². The number of carbonyl (C=O) groups excluding carboxylic acids is 1. The van der Waals surface area contributed by atoms with Crippen LogP contribution in [0.1, 0.15) is 24.0 Å². The third-order valence-electron chi connectivity index (χ3n) is 5.33. The van der Waals surface area contributed by atoms with E-state index in [9.17, 15) is 15.3 Å². The van der Waals surface area contributed by atoms with E-state index in [0.717, 1.165) is 32.0 Å². The fourth-order valence-electron chi connectivity index (χ4n) is 3.98. The fourth-order valence-corrected chi connectivity index (χ4v) is 5.39. The van der Waals surface area contributed by atoms with Gasteiger partial charge < -0.3 is 4.74 Å². The Morgan fingerprint density at radius 3 is 2.44 bits per heavy atom. The zero-order valence-corrected chi connectivity index (χ0v) is 15.8.